The fourth-order valence-electron chi connectivity index (χ4n) is 2.66. The number of benzene rings is 3. The second-order valence-electron chi connectivity index (χ2n) is 6.47. The number of nitrogens with zero attached hydrogens (tertiary/aromatic N) is 1. The van der Waals surface area contributed by atoms with Crippen LogP contribution in [0.1, 0.15) is 18.1 Å². The fraction of sp³-hybridized carbons (Fsp3) is 0.0833. The first-order chi connectivity index (χ1) is 14.9. The summed E-state index contributed by atoms with van der Waals surface area (Å²) in [6, 6.07) is 19.2. The van der Waals surface area contributed by atoms with Crippen molar-refractivity contribution in [1.82, 2.24) is 0 Å². The Morgan fingerprint density at radius 3 is 2.45 bits per heavy atom. The zero-order valence-corrected chi connectivity index (χ0v) is 17.8. The molecular formula is C24H16Cl2FNO3. The fourth-order valence-corrected chi connectivity index (χ4v) is 3.11. The smallest absolute Gasteiger partial charge is 0.352 e. The largest absolute Gasteiger partial charge is 0.477 e. The van der Waals surface area contributed by atoms with E-state index < -0.39 is 17.9 Å². The van der Waals surface area contributed by atoms with Gasteiger partial charge in [-0.3, -0.25) is 0 Å². The van der Waals surface area contributed by atoms with E-state index in [1.165, 1.54) is 25.1 Å². The molecule has 4 nitrogen and oxygen atoms in total. The minimum atomic E-state index is -0.913. The topological polar surface area (TPSA) is 59.3 Å². The van der Waals surface area contributed by atoms with Gasteiger partial charge in [0.1, 0.15) is 17.3 Å². The lowest BCUT2D eigenvalue weighted by Crippen LogP contribution is -2.28. The number of ether oxygens (including phenoxy) is 2. The molecular weight excluding hydrogens is 440 g/mol. The highest BCUT2D eigenvalue weighted by atomic mass is 35.5. The Balaban J connectivity index is 1.68. The van der Waals surface area contributed by atoms with Crippen LogP contribution in [0.3, 0.4) is 0 Å². The molecule has 0 aromatic heterocycles. The Labute approximate surface area is 189 Å². The van der Waals surface area contributed by atoms with Gasteiger partial charge in [-0.1, -0.05) is 53.5 Å². The van der Waals surface area contributed by atoms with Gasteiger partial charge in [0.05, 0.1) is 16.7 Å². The van der Waals surface area contributed by atoms with Crippen LogP contribution in [0.2, 0.25) is 10.0 Å². The average molecular weight is 456 g/mol. The molecule has 0 bridgehead atoms. The van der Waals surface area contributed by atoms with E-state index in [9.17, 15) is 14.4 Å². The van der Waals surface area contributed by atoms with Crippen LogP contribution in [0.4, 0.5) is 4.39 Å². The molecule has 156 valence electrons. The van der Waals surface area contributed by atoms with Crippen molar-refractivity contribution in [2.24, 2.45) is 0 Å². The van der Waals surface area contributed by atoms with Crippen molar-refractivity contribution in [2.75, 3.05) is 0 Å². The highest BCUT2D eigenvalue weighted by Gasteiger charge is 2.19. The van der Waals surface area contributed by atoms with Gasteiger partial charge in [0, 0.05) is 10.6 Å². The lowest BCUT2D eigenvalue weighted by Gasteiger charge is -2.15. The second kappa shape index (κ2) is 10.1. The third kappa shape index (κ3) is 5.85. The van der Waals surface area contributed by atoms with Crippen LogP contribution in [0, 0.1) is 17.1 Å². The quantitative estimate of drug-likeness (QED) is 0.182. The van der Waals surface area contributed by atoms with Crippen molar-refractivity contribution >= 4 is 40.8 Å². The van der Waals surface area contributed by atoms with Crippen LogP contribution in [0.15, 0.2) is 66.7 Å². The lowest BCUT2D eigenvalue weighted by molar-refractivity contribution is -0.141. The third-order valence-corrected chi connectivity index (χ3v) is 4.75. The summed E-state index contributed by atoms with van der Waals surface area (Å²) in [5, 5.41) is 10.1. The van der Waals surface area contributed by atoms with Gasteiger partial charge in [0.15, 0.2) is 6.10 Å². The van der Waals surface area contributed by atoms with Crippen molar-refractivity contribution in [3.63, 3.8) is 0 Å². The molecule has 0 radical (unpaired) electrons. The molecule has 0 N–H and O–H groups in total. The summed E-state index contributed by atoms with van der Waals surface area (Å²) in [4.78, 5) is 12.3. The number of hydrogen-bond donors (Lipinski definition) is 0. The molecule has 0 fully saturated rings. The Bertz CT molecular complexity index is 1170. The SMILES string of the molecule is CC(Oc1ccc(Cl)cc1Cl)C(=O)Oc1ccc(/C=C(/C#N)c2ccccc2F)cc1. The zero-order chi connectivity index (χ0) is 22.4. The van der Waals surface area contributed by atoms with Gasteiger partial charge in [-0.25, -0.2) is 9.18 Å². The van der Waals surface area contributed by atoms with Crippen molar-refractivity contribution in [1.29, 1.82) is 5.26 Å². The zero-order valence-electron chi connectivity index (χ0n) is 16.3. The first kappa shape index (κ1) is 22.4. The molecule has 0 heterocycles. The molecule has 3 aromatic rings. The normalized spacial score (nSPS) is 12.0. The second-order valence-corrected chi connectivity index (χ2v) is 7.32. The number of rotatable bonds is 6. The molecule has 1 unspecified atom stereocenters. The molecule has 0 aliphatic carbocycles. The van der Waals surface area contributed by atoms with Crippen molar-refractivity contribution in [3.05, 3.63) is 93.7 Å². The standard InChI is InChI=1S/C24H16Cl2FNO3/c1-15(30-23-11-8-18(25)13-21(23)26)24(29)31-19-9-6-16(7-10-19)12-17(14-28)20-4-2-3-5-22(20)27/h2-13,15H,1H3/b17-12-. The number of hydrogen-bond acceptors (Lipinski definition) is 4. The van der Waals surface area contributed by atoms with E-state index in [2.05, 4.69) is 0 Å². The molecule has 0 aliphatic heterocycles. The number of allylic oxidation sites excluding steroid dienone is 1. The van der Waals surface area contributed by atoms with Gasteiger partial charge < -0.3 is 9.47 Å². The lowest BCUT2D eigenvalue weighted by atomic mass is 10.0. The number of carbonyl (C=O) groups excluding carboxylic acids is 1. The summed E-state index contributed by atoms with van der Waals surface area (Å²) in [6.07, 6.45) is 0.641. The highest BCUT2D eigenvalue weighted by molar-refractivity contribution is 6.35. The third-order valence-electron chi connectivity index (χ3n) is 4.22. The maximum absolute atomic E-state index is 13.9. The molecule has 31 heavy (non-hydrogen) atoms. The molecule has 0 aliphatic rings. The molecule has 0 saturated heterocycles. The molecule has 3 rings (SSSR count). The van der Waals surface area contributed by atoms with E-state index in [0.717, 1.165) is 0 Å². The predicted molar refractivity (Wildman–Crippen MR) is 119 cm³/mol. The van der Waals surface area contributed by atoms with Crippen molar-refractivity contribution in [2.45, 2.75) is 13.0 Å². The van der Waals surface area contributed by atoms with Gasteiger partial charge in [-0.2, -0.15) is 5.26 Å². The van der Waals surface area contributed by atoms with E-state index in [1.807, 2.05) is 6.07 Å². The summed E-state index contributed by atoms with van der Waals surface area (Å²) in [5.41, 5.74) is 1.05. The summed E-state index contributed by atoms with van der Waals surface area (Å²) in [5.74, 6) is -0.480. The van der Waals surface area contributed by atoms with Gasteiger partial charge in [-0.15, -0.1) is 0 Å². The Morgan fingerprint density at radius 2 is 1.81 bits per heavy atom. The summed E-state index contributed by atoms with van der Waals surface area (Å²) >= 11 is 11.9. The molecule has 7 heteroatoms. The van der Waals surface area contributed by atoms with E-state index in [4.69, 9.17) is 32.7 Å². The number of halogens is 3. The Kier molecular flexibility index (Phi) is 7.30. The Morgan fingerprint density at radius 1 is 1.10 bits per heavy atom. The summed E-state index contributed by atoms with van der Waals surface area (Å²) in [6.45, 7) is 1.54. The summed E-state index contributed by atoms with van der Waals surface area (Å²) in [7, 11) is 0. The van der Waals surface area contributed by atoms with E-state index in [0.29, 0.717) is 22.1 Å². The molecule has 0 amide bonds. The summed E-state index contributed by atoms with van der Waals surface area (Å²) < 4.78 is 24.8. The van der Waals surface area contributed by atoms with Crippen LogP contribution >= 0.6 is 23.2 Å². The molecule has 1 atom stereocenters. The first-order valence-corrected chi connectivity index (χ1v) is 9.93. The van der Waals surface area contributed by atoms with Crippen LogP contribution in [-0.4, -0.2) is 12.1 Å². The van der Waals surface area contributed by atoms with Crippen molar-refractivity contribution in [3.8, 4) is 17.6 Å². The molecule has 0 saturated carbocycles. The van der Waals surface area contributed by atoms with Crippen LogP contribution in [-0.2, 0) is 4.79 Å². The minimum Gasteiger partial charge on any atom is -0.477 e. The maximum atomic E-state index is 13.9. The van der Waals surface area contributed by atoms with E-state index in [-0.39, 0.29) is 16.2 Å². The number of carbonyl (C=O) groups is 1. The van der Waals surface area contributed by atoms with Gasteiger partial charge in [0.2, 0.25) is 0 Å². The maximum Gasteiger partial charge on any atom is 0.352 e. The van der Waals surface area contributed by atoms with E-state index in [1.54, 1.807) is 54.6 Å². The number of nitriles is 1. The first-order valence-electron chi connectivity index (χ1n) is 9.17. The van der Waals surface area contributed by atoms with Crippen LogP contribution in [0.25, 0.3) is 11.6 Å². The molecule has 0 spiro atoms. The number of esters is 1. The minimum absolute atomic E-state index is 0.185. The van der Waals surface area contributed by atoms with Gasteiger partial charge in [-0.05, 0) is 55.0 Å². The predicted octanol–water partition coefficient (Wildman–Crippen LogP) is 6.57. The highest BCUT2D eigenvalue weighted by Crippen LogP contribution is 2.28. The van der Waals surface area contributed by atoms with E-state index >= 15 is 0 Å². The molecule has 3 aromatic carbocycles. The Hall–Kier alpha value is -3.33. The monoisotopic (exact) mass is 455 g/mol. The average Bonchev–Trinajstić information content (AvgIpc) is 2.75. The van der Waals surface area contributed by atoms with Crippen molar-refractivity contribution < 1.29 is 18.7 Å². The van der Waals surface area contributed by atoms with Crippen LogP contribution < -0.4 is 9.47 Å². The van der Waals surface area contributed by atoms with Crippen LogP contribution in [0.5, 0.6) is 11.5 Å². The van der Waals surface area contributed by atoms with Gasteiger partial charge in [0.25, 0.3) is 0 Å². The van der Waals surface area contributed by atoms with Gasteiger partial charge >= 0.3 is 5.97 Å².